The van der Waals surface area contributed by atoms with E-state index in [1.165, 1.54) is 12.1 Å². The van der Waals surface area contributed by atoms with Crippen molar-refractivity contribution in [2.24, 2.45) is 5.73 Å². The Kier molecular flexibility index (Phi) is 3.39. The first kappa shape index (κ1) is 10.4. The number of benzene rings is 1. The van der Waals surface area contributed by atoms with Crippen LogP contribution in [0.4, 0.5) is 8.78 Å². The highest BCUT2D eigenvalue weighted by Gasteiger charge is 2.05. The van der Waals surface area contributed by atoms with Gasteiger partial charge in [-0.3, -0.25) is 5.41 Å². The number of rotatable bonds is 4. The van der Waals surface area contributed by atoms with E-state index in [4.69, 9.17) is 15.9 Å². The molecule has 0 aromatic heterocycles. The summed E-state index contributed by atoms with van der Waals surface area (Å²) in [7, 11) is 0. The summed E-state index contributed by atoms with van der Waals surface area (Å²) in [5.41, 5.74) is 5.42. The average molecular weight is 200 g/mol. The van der Waals surface area contributed by atoms with Crippen molar-refractivity contribution < 1.29 is 13.5 Å². The van der Waals surface area contributed by atoms with Crippen molar-refractivity contribution in [2.45, 2.75) is 0 Å². The van der Waals surface area contributed by atoms with Crippen molar-refractivity contribution in [3.05, 3.63) is 29.6 Å². The minimum absolute atomic E-state index is 0.0346. The Bertz CT molecular complexity index is 342. The molecule has 0 spiro atoms. The van der Waals surface area contributed by atoms with Crippen LogP contribution in [0.15, 0.2) is 18.2 Å². The number of nitrogen functional groups attached to an aromatic ring is 1. The Morgan fingerprint density at radius 3 is 2.71 bits per heavy atom. The molecular weight excluding hydrogens is 190 g/mol. The molecule has 0 atom stereocenters. The van der Waals surface area contributed by atoms with Gasteiger partial charge >= 0.3 is 0 Å². The van der Waals surface area contributed by atoms with Gasteiger partial charge in [-0.15, -0.1) is 0 Å². The van der Waals surface area contributed by atoms with Gasteiger partial charge in [0.15, 0.2) is 11.6 Å². The summed E-state index contributed by atoms with van der Waals surface area (Å²) < 4.78 is 29.6. The van der Waals surface area contributed by atoms with Crippen molar-refractivity contribution in [2.75, 3.05) is 13.3 Å². The average Bonchev–Trinajstić information content (AvgIpc) is 2.15. The van der Waals surface area contributed by atoms with Crippen LogP contribution in [0.5, 0.6) is 5.75 Å². The summed E-state index contributed by atoms with van der Waals surface area (Å²) in [5.74, 6) is -0.903. The topological polar surface area (TPSA) is 59.1 Å². The summed E-state index contributed by atoms with van der Waals surface area (Å²) in [6, 6.07) is 3.84. The highest BCUT2D eigenvalue weighted by atomic mass is 19.1. The summed E-state index contributed by atoms with van der Waals surface area (Å²) in [6.45, 7) is -0.857. The van der Waals surface area contributed by atoms with Crippen LogP contribution >= 0.6 is 0 Å². The van der Waals surface area contributed by atoms with Gasteiger partial charge in [0.25, 0.3) is 0 Å². The van der Waals surface area contributed by atoms with Gasteiger partial charge in [0, 0.05) is 5.56 Å². The van der Waals surface area contributed by atoms with E-state index in [0.29, 0.717) is 0 Å². The fourth-order valence-electron chi connectivity index (χ4n) is 0.934. The highest BCUT2D eigenvalue weighted by molar-refractivity contribution is 5.95. The minimum Gasteiger partial charge on any atom is -0.488 e. The predicted octanol–water partition coefficient (Wildman–Crippen LogP) is 1.46. The Hall–Kier alpha value is -1.65. The number of alkyl halides is 1. The van der Waals surface area contributed by atoms with Crippen LogP contribution in [0.3, 0.4) is 0 Å². The molecule has 0 bridgehead atoms. The summed E-state index contributed by atoms with van der Waals surface area (Å²) in [6.07, 6.45) is 0. The largest absolute Gasteiger partial charge is 0.488 e. The van der Waals surface area contributed by atoms with Gasteiger partial charge in [-0.1, -0.05) is 0 Å². The number of hydrogen-bond donors (Lipinski definition) is 2. The maximum Gasteiger partial charge on any atom is 0.165 e. The Morgan fingerprint density at radius 1 is 1.50 bits per heavy atom. The lowest BCUT2D eigenvalue weighted by molar-refractivity contribution is 0.262. The van der Waals surface area contributed by atoms with Crippen molar-refractivity contribution in [3.8, 4) is 5.75 Å². The molecular formula is C9H10F2N2O. The molecule has 76 valence electrons. The first-order valence-corrected chi connectivity index (χ1v) is 3.98. The molecule has 3 N–H and O–H groups in total. The zero-order valence-electron chi connectivity index (χ0n) is 7.39. The lowest BCUT2D eigenvalue weighted by atomic mass is 10.2. The lowest BCUT2D eigenvalue weighted by Crippen LogP contribution is -2.11. The molecule has 0 aliphatic carbocycles. The third-order valence-electron chi connectivity index (χ3n) is 1.58. The number of nitrogens with two attached hydrogens (primary N) is 1. The van der Waals surface area contributed by atoms with Crippen molar-refractivity contribution >= 4 is 5.84 Å². The van der Waals surface area contributed by atoms with E-state index in [2.05, 4.69) is 0 Å². The second-order valence-electron chi connectivity index (χ2n) is 2.60. The van der Waals surface area contributed by atoms with Crippen LogP contribution in [0.1, 0.15) is 5.56 Å². The molecule has 0 amide bonds. The molecule has 1 aromatic rings. The standard InChI is InChI=1S/C9H10F2N2O/c10-3-4-14-8-2-1-6(9(12)13)5-7(8)11/h1-2,5H,3-4H2,(H3,12,13). The second kappa shape index (κ2) is 4.55. The molecule has 0 aliphatic heterocycles. The lowest BCUT2D eigenvalue weighted by Gasteiger charge is -2.06. The fraction of sp³-hybridized carbons (Fsp3) is 0.222. The van der Waals surface area contributed by atoms with Crippen LogP contribution < -0.4 is 10.5 Å². The SMILES string of the molecule is N=C(N)c1ccc(OCCF)c(F)c1. The van der Waals surface area contributed by atoms with Crippen LogP contribution in [-0.4, -0.2) is 19.1 Å². The monoisotopic (exact) mass is 200 g/mol. The van der Waals surface area contributed by atoms with Gasteiger partial charge in [0.05, 0.1) is 0 Å². The molecule has 1 aromatic carbocycles. The normalized spacial score (nSPS) is 9.86. The smallest absolute Gasteiger partial charge is 0.165 e. The summed E-state index contributed by atoms with van der Waals surface area (Å²) >= 11 is 0. The predicted molar refractivity (Wildman–Crippen MR) is 48.9 cm³/mol. The van der Waals surface area contributed by atoms with Crippen LogP contribution in [0.25, 0.3) is 0 Å². The van der Waals surface area contributed by atoms with E-state index < -0.39 is 12.5 Å². The minimum atomic E-state index is -0.673. The third kappa shape index (κ3) is 2.42. The molecule has 0 fully saturated rings. The van der Waals surface area contributed by atoms with Crippen LogP contribution in [-0.2, 0) is 0 Å². The molecule has 3 nitrogen and oxygen atoms in total. The van der Waals surface area contributed by atoms with Gasteiger partial charge in [-0.25, -0.2) is 8.78 Å². The molecule has 14 heavy (non-hydrogen) atoms. The number of amidine groups is 1. The van der Waals surface area contributed by atoms with E-state index in [9.17, 15) is 8.78 Å². The maximum atomic E-state index is 13.1. The van der Waals surface area contributed by atoms with E-state index in [0.717, 1.165) is 6.07 Å². The van der Waals surface area contributed by atoms with E-state index >= 15 is 0 Å². The van der Waals surface area contributed by atoms with Crippen LogP contribution in [0.2, 0.25) is 0 Å². The Morgan fingerprint density at radius 2 is 2.21 bits per heavy atom. The van der Waals surface area contributed by atoms with Gasteiger partial charge in [0.1, 0.15) is 19.1 Å². The van der Waals surface area contributed by atoms with Gasteiger partial charge in [-0.2, -0.15) is 0 Å². The fourth-order valence-corrected chi connectivity index (χ4v) is 0.934. The van der Waals surface area contributed by atoms with E-state index in [1.54, 1.807) is 0 Å². The quantitative estimate of drug-likeness (QED) is 0.571. The van der Waals surface area contributed by atoms with E-state index in [-0.39, 0.29) is 23.8 Å². The van der Waals surface area contributed by atoms with E-state index in [1.807, 2.05) is 0 Å². The number of nitrogens with one attached hydrogen (secondary N) is 1. The second-order valence-corrected chi connectivity index (χ2v) is 2.60. The summed E-state index contributed by atoms with van der Waals surface area (Å²) in [4.78, 5) is 0. The molecule has 1 rings (SSSR count). The van der Waals surface area contributed by atoms with Crippen LogP contribution in [0, 0.1) is 11.2 Å². The highest BCUT2D eigenvalue weighted by Crippen LogP contribution is 2.17. The zero-order valence-corrected chi connectivity index (χ0v) is 7.39. The van der Waals surface area contributed by atoms with Gasteiger partial charge < -0.3 is 10.5 Å². The number of halogens is 2. The van der Waals surface area contributed by atoms with Crippen molar-refractivity contribution in [1.82, 2.24) is 0 Å². The van der Waals surface area contributed by atoms with Crippen molar-refractivity contribution in [1.29, 1.82) is 5.41 Å². The Labute approximate surface area is 80.0 Å². The molecule has 0 heterocycles. The molecule has 0 aliphatic rings. The Balaban J connectivity index is 2.84. The van der Waals surface area contributed by atoms with Gasteiger partial charge in [0.2, 0.25) is 0 Å². The molecule has 0 saturated heterocycles. The summed E-state index contributed by atoms with van der Waals surface area (Å²) in [5, 5.41) is 7.05. The first-order valence-electron chi connectivity index (χ1n) is 3.98. The molecule has 0 saturated carbocycles. The third-order valence-corrected chi connectivity index (χ3v) is 1.58. The van der Waals surface area contributed by atoms with Gasteiger partial charge in [-0.05, 0) is 18.2 Å². The maximum absolute atomic E-state index is 13.1. The number of ether oxygens (including phenoxy) is 1. The first-order chi connectivity index (χ1) is 6.65. The molecule has 0 unspecified atom stereocenters. The molecule has 0 radical (unpaired) electrons. The van der Waals surface area contributed by atoms with Crippen molar-refractivity contribution in [3.63, 3.8) is 0 Å². The number of hydrogen-bond acceptors (Lipinski definition) is 2. The molecule has 5 heteroatoms. The zero-order chi connectivity index (χ0) is 10.6.